The van der Waals surface area contributed by atoms with Gasteiger partial charge < -0.3 is 0 Å². The monoisotopic (exact) mass is 298 g/mol. The van der Waals surface area contributed by atoms with Crippen LogP contribution in [0.5, 0.6) is 0 Å². The van der Waals surface area contributed by atoms with Crippen molar-refractivity contribution in [2.75, 3.05) is 5.43 Å². The number of nitrogens with zero attached hydrogens (tertiary/aromatic N) is 2. The largest absolute Gasteiger partial charge is 0.291 e. The Morgan fingerprint density at radius 3 is 2.90 bits per heavy atom. The van der Waals surface area contributed by atoms with Gasteiger partial charge >= 0.3 is 0 Å². The van der Waals surface area contributed by atoms with Gasteiger partial charge in [0.15, 0.2) is 0 Å². The van der Waals surface area contributed by atoms with Crippen molar-refractivity contribution in [1.29, 1.82) is 0 Å². The number of aromatic amines is 1. The third kappa shape index (κ3) is 3.09. The molecule has 0 aliphatic rings. The van der Waals surface area contributed by atoms with Crippen molar-refractivity contribution in [2.24, 2.45) is 5.10 Å². The molecule has 0 atom stereocenters. The Morgan fingerprint density at radius 1 is 1.19 bits per heavy atom. The summed E-state index contributed by atoms with van der Waals surface area (Å²) in [6, 6.07) is 14.4. The topological polar surface area (TPSA) is 70.1 Å². The number of halogens is 1. The van der Waals surface area contributed by atoms with Gasteiger partial charge in [-0.3, -0.25) is 9.78 Å². The number of anilines is 1. The van der Waals surface area contributed by atoms with Crippen LogP contribution in [-0.2, 0) is 0 Å². The third-order valence-corrected chi connectivity index (χ3v) is 3.08. The number of fused-ring (bicyclic) bond motifs is 1. The fraction of sp³-hybridized carbons (Fsp3) is 0. The van der Waals surface area contributed by atoms with Crippen molar-refractivity contribution in [2.45, 2.75) is 0 Å². The van der Waals surface area contributed by atoms with Gasteiger partial charge in [-0.15, -0.1) is 0 Å². The van der Waals surface area contributed by atoms with Gasteiger partial charge in [-0.05, 0) is 29.8 Å². The summed E-state index contributed by atoms with van der Waals surface area (Å²) in [5.41, 5.74) is 3.96. The van der Waals surface area contributed by atoms with Crippen LogP contribution in [-0.4, -0.2) is 16.2 Å². The molecule has 0 saturated heterocycles. The molecule has 0 amide bonds. The van der Waals surface area contributed by atoms with Crippen molar-refractivity contribution in [3.05, 3.63) is 69.5 Å². The van der Waals surface area contributed by atoms with Crippen LogP contribution in [0.25, 0.3) is 10.9 Å². The zero-order valence-corrected chi connectivity index (χ0v) is 11.6. The van der Waals surface area contributed by atoms with Crippen LogP contribution in [0.4, 0.5) is 5.95 Å². The highest BCUT2D eigenvalue weighted by atomic mass is 35.5. The molecule has 1 heterocycles. The summed E-state index contributed by atoms with van der Waals surface area (Å²) in [6.45, 7) is 0. The second-order valence-corrected chi connectivity index (χ2v) is 4.79. The van der Waals surface area contributed by atoms with Crippen LogP contribution >= 0.6 is 11.6 Å². The molecular weight excluding hydrogens is 288 g/mol. The minimum Gasteiger partial charge on any atom is -0.291 e. The minimum absolute atomic E-state index is 0.207. The number of rotatable bonds is 3. The van der Waals surface area contributed by atoms with Crippen molar-refractivity contribution in [3.63, 3.8) is 0 Å². The van der Waals surface area contributed by atoms with E-state index in [4.69, 9.17) is 11.6 Å². The number of hydrazone groups is 1. The molecule has 21 heavy (non-hydrogen) atoms. The molecule has 6 heteroatoms. The third-order valence-electron chi connectivity index (χ3n) is 2.85. The standard InChI is InChI=1S/C15H11ClN4O/c16-11-5-3-4-10(8-11)9-17-20-15-18-13-7-2-1-6-12(13)14(21)19-15/h1-9H,(H2,18,19,20,21)/b17-9+. The van der Waals surface area contributed by atoms with E-state index in [0.29, 0.717) is 15.9 Å². The number of para-hydroxylation sites is 1. The normalized spacial score (nSPS) is 11.1. The number of benzene rings is 2. The number of hydrogen-bond donors (Lipinski definition) is 2. The van der Waals surface area contributed by atoms with E-state index in [1.807, 2.05) is 18.2 Å². The lowest BCUT2D eigenvalue weighted by molar-refractivity contribution is 1.12. The van der Waals surface area contributed by atoms with Crippen molar-refractivity contribution < 1.29 is 0 Å². The smallest absolute Gasteiger partial charge is 0.260 e. The molecule has 0 aliphatic heterocycles. The molecule has 0 aliphatic carbocycles. The first-order chi connectivity index (χ1) is 10.2. The number of aromatic nitrogens is 2. The van der Waals surface area contributed by atoms with Gasteiger partial charge in [-0.2, -0.15) is 5.10 Å². The lowest BCUT2D eigenvalue weighted by Crippen LogP contribution is -2.10. The van der Waals surface area contributed by atoms with Crippen LogP contribution < -0.4 is 11.0 Å². The molecule has 5 nitrogen and oxygen atoms in total. The molecule has 2 N–H and O–H groups in total. The number of hydrogen-bond acceptors (Lipinski definition) is 4. The van der Waals surface area contributed by atoms with E-state index in [2.05, 4.69) is 20.5 Å². The predicted molar refractivity (Wildman–Crippen MR) is 85.0 cm³/mol. The number of H-pyrrole nitrogens is 1. The predicted octanol–water partition coefficient (Wildman–Crippen LogP) is 3.02. The first-order valence-electron chi connectivity index (χ1n) is 6.26. The van der Waals surface area contributed by atoms with E-state index in [1.54, 1.807) is 36.5 Å². The van der Waals surface area contributed by atoms with Gasteiger partial charge in [0.05, 0.1) is 17.1 Å². The number of nitrogens with one attached hydrogen (secondary N) is 2. The van der Waals surface area contributed by atoms with Crippen LogP contribution in [0, 0.1) is 0 Å². The van der Waals surface area contributed by atoms with E-state index >= 15 is 0 Å². The van der Waals surface area contributed by atoms with Crippen molar-refractivity contribution >= 4 is 34.7 Å². The van der Waals surface area contributed by atoms with Crippen LogP contribution in [0.2, 0.25) is 5.02 Å². The van der Waals surface area contributed by atoms with Crippen molar-refractivity contribution in [1.82, 2.24) is 9.97 Å². The van der Waals surface area contributed by atoms with Gasteiger partial charge in [0.1, 0.15) is 0 Å². The average Bonchev–Trinajstić information content (AvgIpc) is 2.47. The van der Waals surface area contributed by atoms with Gasteiger partial charge in [-0.1, -0.05) is 35.9 Å². The molecule has 104 valence electrons. The molecular formula is C15H11ClN4O. The van der Waals surface area contributed by atoms with E-state index < -0.39 is 0 Å². The molecule has 0 spiro atoms. The maximum absolute atomic E-state index is 11.9. The summed E-state index contributed by atoms with van der Waals surface area (Å²) < 4.78 is 0. The quantitative estimate of drug-likeness (QED) is 0.577. The summed E-state index contributed by atoms with van der Waals surface area (Å²) in [5.74, 6) is 0.289. The molecule has 3 aromatic rings. The Kier molecular flexibility index (Phi) is 3.66. The highest BCUT2D eigenvalue weighted by Gasteiger charge is 2.01. The highest BCUT2D eigenvalue weighted by molar-refractivity contribution is 6.30. The second-order valence-electron chi connectivity index (χ2n) is 4.36. The maximum atomic E-state index is 11.9. The van der Waals surface area contributed by atoms with Crippen molar-refractivity contribution in [3.8, 4) is 0 Å². The van der Waals surface area contributed by atoms with E-state index in [0.717, 1.165) is 5.56 Å². The van der Waals surface area contributed by atoms with Gasteiger partial charge in [0.25, 0.3) is 5.56 Å². The first-order valence-corrected chi connectivity index (χ1v) is 6.64. The minimum atomic E-state index is -0.207. The maximum Gasteiger partial charge on any atom is 0.260 e. The average molecular weight is 299 g/mol. The lowest BCUT2D eigenvalue weighted by atomic mass is 10.2. The molecule has 0 unspecified atom stereocenters. The Bertz CT molecular complexity index is 873. The summed E-state index contributed by atoms with van der Waals surface area (Å²) in [4.78, 5) is 18.8. The Hall–Kier alpha value is -2.66. The van der Waals surface area contributed by atoms with E-state index in [1.165, 1.54) is 0 Å². The Morgan fingerprint density at radius 2 is 2.05 bits per heavy atom. The first kappa shape index (κ1) is 13.3. The van der Waals surface area contributed by atoms with E-state index in [-0.39, 0.29) is 11.5 Å². The zero-order chi connectivity index (χ0) is 14.7. The van der Waals surface area contributed by atoms with Crippen LogP contribution in [0.3, 0.4) is 0 Å². The summed E-state index contributed by atoms with van der Waals surface area (Å²) >= 11 is 5.88. The highest BCUT2D eigenvalue weighted by Crippen LogP contribution is 2.09. The molecule has 0 bridgehead atoms. The summed E-state index contributed by atoms with van der Waals surface area (Å²) in [7, 11) is 0. The lowest BCUT2D eigenvalue weighted by Gasteiger charge is -2.01. The summed E-state index contributed by atoms with van der Waals surface area (Å²) in [5, 5.41) is 5.21. The SMILES string of the molecule is O=c1[nH]c(N/N=C/c2cccc(Cl)c2)nc2ccccc12. The molecule has 1 aromatic heterocycles. The van der Waals surface area contributed by atoms with Crippen LogP contribution in [0.1, 0.15) is 5.56 Å². The second kappa shape index (κ2) is 5.76. The molecule has 0 fully saturated rings. The zero-order valence-electron chi connectivity index (χ0n) is 10.9. The molecule has 2 aromatic carbocycles. The fourth-order valence-electron chi connectivity index (χ4n) is 1.89. The van der Waals surface area contributed by atoms with Gasteiger partial charge in [0.2, 0.25) is 5.95 Å². The summed E-state index contributed by atoms with van der Waals surface area (Å²) in [6.07, 6.45) is 1.60. The molecule has 0 saturated carbocycles. The Balaban J connectivity index is 1.84. The molecule has 0 radical (unpaired) electrons. The fourth-order valence-corrected chi connectivity index (χ4v) is 2.09. The Labute approximate surface area is 125 Å². The van der Waals surface area contributed by atoms with Crippen LogP contribution in [0.15, 0.2) is 58.4 Å². The van der Waals surface area contributed by atoms with Gasteiger partial charge in [0, 0.05) is 5.02 Å². The van der Waals surface area contributed by atoms with Gasteiger partial charge in [-0.25, -0.2) is 10.4 Å². The van der Waals surface area contributed by atoms with E-state index in [9.17, 15) is 4.79 Å². The molecule has 3 rings (SSSR count).